The lowest BCUT2D eigenvalue weighted by Crippen LogP contribution is -2.21. The second-order valence-corrected chi connectivity index (χ2v) is 4.15. The van der Waals surface area contributed by atoms with E-state index in [1.165, 1.54) is 5.56 Å². The molecular weight excluding hydrogens is 224 g/mol. The maximum Gasteiger partial charge on any atom is 0.238 e. The first-order chi connectivity index (χ1) is 8.70. The third-order valence-corrected chi connectivity index (χ3v) is 2.79. The third-order valence-electron chi connectivity index (χ3n) is 2.79. The Kier molecular flexibility index (Phi) is 3.75. The van der Waals surface area contributed by atoms with Crippen molar-refractivity contribution < 1.29 is 4.79 Å². The topological polar surface area (TPSA) is 55.1 Å². The Bertz CT molecular complexity index is 550. The van der Waals surface area contributed by atoms with Gasteiger partial charge in [0.1, 0.15) is 0 Å². The van der Waals surface area contributed by atoms with Crippen LogP contribution in [0.2, 0.25) is 0 Å². The Labute approximate surface area is 107 Å². The van der Waals surface area contributed by atoms with Gasteiger partial charge in [-0.05, 0) is 35.7 Å². The number of carbonyl (C=O) groups excluding carboxylic acids is 1. The minimum absolute atomic E-state index is 0.00541. The molecule has 0 fully saturated rings. The monoisotopic (exact) mass is 240 g/mol. The molecule has 0 saturated carbocycles. The number of carbonyl (C=O) groups is 1. The Morgan fingerprint density at radius 2 is 1.89 bits per heavy atom. The molecule has 1 amide bonds. The summed E-state index contributed by atoms with van der Waals surface area (Å²) in [5.41, 5.74) is 9.49. The molecule has 2 aromatic rings. The number of rotatable bonds is 3. The summed E-state index contributed by atoms with van der Waals surface area (Å²) in [5.74, 6) is -0.183. The van der Waals surface area contributed by atoms with Gasteiger partial charge in [-0.2, -0.15) is 0 Å². The van der Waals surface area contributed by atoms with E-state index in [4.69, 9.17) is 5.73 Å². The second-order valence-electron chi connectivity index (χ2n) is 4.15. The van der Waals surface area contributed by atoms with Crippen molar-refractivity contribution in [2.24, 2.45) is 5.73 Å². The van der Waals surface area contributed by atoms with Crippen LogP contribution in [0.3, 0.4) is 0 Å². The fourth-order valence-electron chi connectivity index (χ4n) is 1.84. The first-order valence-corrected chi connectivity index (χ1v) is 5.86. The molecule has 2 aromatic carbocycles. The van der Waals surface area contributed by atoms with Crippen LogP contribution in [0.1, 0.15) is 5.56 Å². The lowest BCUT2D eigenvalue weighted by molar-refractivity contribution is -0.114. The number of hydrogen-bond acceptors (Lipinski definition) is 2. The molecule has 0 aromatic heterocycles. The SMILES string of the molecule is Cc1ccc(NC(=O)CN)cc1-c1ccccc1. The smallest absolute Gasteiger partial charge is 0.238 e. The highest BCUT2D eigenvalue weighted by Gasteiger charge is 2.04. The first kappa shape index (κ1) is 12.3. The molecule has 2 rings (SSSR count). The molecule has 0 saturated heterocycles. The minimum Gasteiger partial charge on any atom is -0.325 e. The van der Waals surface area contributed by atoms with E-state index in [2.05, 4.69) is 24.4 Å². The molecule has 0 aliphatic rings. The predicted octanol–water partition coefficient (Wildman–Crippen LogP) is 2.56. The molecule has 0 radical (unpaired) electrons. The molecule has 3 nitrogen and oxygen atoms in total. The highest BCUT2D eigenvalue weighted by molar-refractivity contribution is 5.93. The Balaban J connectivity index is 2.36. The first-order valence-electron chi connectivity index (χ1n) is 5.86. The summed E-state index contributed by atoms with van der Waals surface area (Å²) in [6.07, 6.45) is 0. The Morgan fingerprint density at radius 1 is 1.17 bits per heavy atom. The van der Waals surface area contributed by atoms with E-state index in [1.54, 1.807) is 0 Å². The highest BCUT2D eigenvalue weighted by atomic mass is 16.1. The molecule has 0 atom stereocenters. The Hall–Kier alpha value is -2.13. The number of nitrogens with one attached hydrogen (secondary N) is 1. The molecule has 0 spiro atoms. The maximum absolute atomic E-state index is 11.3. The van der Waals surface area contributed by atoms with Crippen molar-refractivity contribution in [3.63, 3.8) is 0 Å². The summed E-state index contributed by atoms with van der Waals surface area (Å²) < 4.78 is 0. The molecule has 0 bridgehead atoms. The van der Waals surface area contributed by atoms with E-state index in [9.17, 15) is 4.79 Å². The van der Waals surface area contributed by atoms with Gasteiger partial charge in [0.15, 0.2) is 0 Å². The highest BCUT2D eigenvalue weighted by Crippen LogP contribution is 2.26. The second kappa shape index (κ2) is 5.47. The largest absolute Gasteiger partial charge is 0.325 e. The average Bonchev–Trinajstić information content (AvgIpc) is 2.42. The molecule has 92 valence electrons. The van der Waals surface area contributed by atoms with E-state index >= 15 is 0 Å². The van der Waals surface area contributed by atoms with Crippen molar-refractivity contribution in [3.8, 4) is 11.1 Å². The van der Waals surface area contributed by atoms with E-state index in [-0.39, 0.29) is 12.5 Å². The van der Waals surface area contributed by atoms with Crippen LogP contribution in [0.4, 0.5) is 5.69 Å². The zero-order valence-electron chi connectivity index (χ0n) is 10.3. The van der Waals surface area contributed by atoms with Crippen LogP contribution in [0.5, 0.6) is 0 Å². The summed E-state index contributed by atoms with van der Waals surface area (Å²) in [6, 6.07) is 15.9. The number of hydrogen-bond donors (Lipinski definition) is 2. The van der Waals surface area contributed by atoms with Crippen LogP contribution in [-0.4, -0.2) is 12.5 Å². The lowest BCUT2D eigenvalue weighted by atomic mass is 10.00. The fraction of sp³-hybridized carbons (Fsp3) is 0.133. The molecular formula is C15H16N2O. The summed E-state index contributed by atoms with van der Waals surface area (Å²) in [7, 11) is 0. The molecule has 0 aliphatic heterocycles. The summed E-state index contributed by atoms with van der Waals surface area (Å²) in [4.78, 5) is 11.3. The Morgan fingerprint density at radius 3 is 2.56 bits per heavy atom. The van der Waals surface area contributed by atoms with E-state index in [0.29, 0.717) is 0 Å². The van der Waals surface area contributed by atoms with Crippen LogP contribution < -0.4 is 11.1 Å². The fourth-order valence-corrected chi connectivity index (χ4v) is 1.84. The van der Waals surface area contributed by atoms with Crippen molar-refractivity contribution in [1.82, 2.24) is 0 Å². The van der Waals surface area contributed by atoms with Crippen molar-refractivity contribution in [2.45, 2.75) is 6.92 Å². The van der Waals surface area contributed by atoms with Crippen LogP contribution >= 0.6 is 0 Å². The van der Waals surface area contributed by atoms with Gasteiger partial charge >= 0.3 is 0 Å². The van der Waals surface area contributed by atoms with Gasteiger partial charge in [0.25, 0.3) is 0 Å². The molecule has 18 heavy (non-hydrogen) atoms. The quantitative estimate of drug-likeness (QED) is 0.866. The number of benzene rings is 2. The average molecular weight is 240 g/mol. The molecule has 0 heterocycles. The number of nitrogens with two attached hydrogens (primary N) is 1. The maximum atomic E-state index is 11.3. The van der Waals surface area contributed by atoms with Crippen molar-refractivity contribution in [3.05, 3.63) is 54.1 Å². The van der Waals surface area contributed by atoms with Gasteiger partial charge in [-0.3, -0.25) is 4.79 Å². The summed E-state index contributed by atoms with van der Waals surface area (Å²) in [5, 5.41) is 2.77. The number of amides is 1. The van der Waals surface area contributed by atoms with Crippen LogP contribution in [0.15, 0.2) is 48.5 Å². The molecule has 0 aliphatic carbocycles. The van der Waals surface area contributed by atoms with E-state index in [1.807, 2.05) is 36.4 Å². The van der Waals surface area contributed by atoms with Crippen molar-refractivity contribution >= 4 is 11.6 Å². The standard InChI is InChI=1S/C15H16N2O/c1-11-7-8-13(17-15(18)10-16)9-14(11)12-5-3-2-4-6-12/h2-9H,10,16H2,1H3,(H,17,18). The van der Waals surface area contributed by atoms with Crippen LogP contribution in [0.25, 0.3) is 11.1 Å². The van der Waals surface area contributed by atoms with Gasteiger partial charge in [-0.1, -0.05) is 36.4 Å². The summed E-state index contributed by atoms with van der Waals surface area (Å²) in [6.45, 7) is 2.05. The predicted molar refractivity (Wildman–Crippen MR) is 74.3 cm³/mol. The third kappa shape index (κ3) is 2.76. The van der Waals surface area contributed by atoms with Crippen molar-refractivity contribution in [1.29, 1.82) is 0 Å². The zero-order valence-corrected chi connectivity index (χ0v) is 10.3. The van der Waals surface area contributed by atoms with Crippen LogP contribution in [0, 0.1) is 6.92 Å². The van der Waals surface area contributed by atoms with Crippen LogP contribution in [-0.2, 0) is 4.79 Å². The lowest BCUT2D eigenvalue weighted by Gasteiger charge is -2.10. The molecule has 0 unspecified atom stereocenters. The van der Waals surface area contributed by atoms with Gasteiger partial charge in [-0.25, -0.2) is 0 Å². The van der Waals surface area contributed by atoms with Gasteiger partial charge < -0.3 is 11.1 Å². The van der Waals surface area contributed by atoms with E-state index in [0.717, 1.165) is 16.8 Å². The molecule has 3 N–H and O–H groups in total. The molecule has 3 heteroatoms. The number of anilines is 1. The minimum atomic E-state index is -0.183. The van der Waals surface area contributed by atoms with Gasteiger partial charge in [0.05, 0.1) is 6.54 Å². The van der Waals surface area contributed by atoms with Gasteiger partial charge in [-0.15, -0.1) is 0 Å². The summed E-state index contributed by atoms with van der Waals surface area (Å²) >= 11 is 0. The number of aryl methyl sites for hydroxylation is 1. The zero-order chi connectivity index (χ0) is 13.0. The van der Waals surface area contributed by atoms with Gasteiger partial charge in [0.2, 0.25) is 5.91 Å². The normalized spacial score (nSPS) is 10.1. The van der Waals surface area contributed by atoms with E-state index < -0.39 is 0 Å². The van der Waals surface area contributed by atoms with Crippen molar-refractivity contribution in [2.75, 3.05) is 11.9 Å². The van der Waals surface area contributed by atoms with Gasteiger partial charge in [0, 0.05) is 5.69 Å².